The lowest BCUT2D eigenvalue weighted by Gasteiger charge is -2.26. The van der Waals surface area contributed by atoms with Gasteiger partial charge >= 0.3 is 0 Å². The molecule has 0 radical (unpaired) electrons. The van der Waals surface area contributed by atoms with Crippen LogP contribution < -0.4 is 15.1 Å². The lowest BCUT2D eigenvalue weighted by Crippen LogP contribution is -2.32. The fraction of sp³-hybridized carbons (Fsp3) is 0.727. The molecule has 17 heavy (non-hydrogen) atoms. The van der Waals surface area contributed by atoms with E-state index in [1.54, 1.807) is 0 Å². The van der Waals surface area contributed by atoms with Crippen molar-refractivity contribution in [2.45, 2.75) is 26.8 Å². The van der Waals surface area contributed by atoms with Gasteiger partial charge in [0.2, 0.25) is 17.8 Å². The summed E-state index contributed by atoms with van der Waals surface area (Å²) in [6.45, 7) is 7.22. The van der Waals surface area contributed by atoms with Crippen molar-refractivity contribution < 1.29 is 0 Å². The molecule has 6 heteroatoms. The van der Waals surface area contributed by atoms with E-state index in [1.807, 2.05) is 26.0 Å². The third-order valence-corrected chi connectivity index (χ3v) is 2.46. The summed E-state index contributed by atoms with van der Waals surface area (Å²) in [5.41, 5.74) is 0. The zero-order valence-corrected chi connectivity index (χ0v) is 11.5. The summed E-state index contributed by atoms with van der Waals surface area (Å²) in [4.78, 5) is 17.2. The van der Waals surface area contributed by atoms with Crippen LogP contribution in [-0.2, 0) is 0 Å². The highest BCUT2D eigenvalue weighted by Gasteiger charge is 2.15. The van der Waals surface area contributed by atoms with E-state index in [-0.39, 0.29) is 0 Å². The van der Waals surface area contributed by atoms with Gasteiger partial charge in [-0.25, -0.2) is 0 Å². The zero-order chi connectivity index (χ0) is 13.0. The summed E-state index contributed by atoms with van der Waals surface area (Å²) in [6, 6.07) is 0.363. The molecule has 1 heterocycles. The smallest absolute Gasteiger partial charge is 0.232 e. The molecule has 1 aromatic heterocycles. The van der Waals surface area contributed by atoms with E-state index in [4.69, 9.17) is 0 Å². The first kappa shape index (κ1) is 13.5. The molecule has 0 amide bonds. The molecule has 0 fully saturated rings. The molecule has 0 unspecified atom stereocenters. The molecule has 1 N–H and O–H groups in total. The van der Waals surface area contributed by atoms with Gasteiger partial charge in [-0.05, 0) is 20.8 Å². The van der Waals surface area contributed by atoms with Crippen LogP contribution in [0.1, 0.15) is 20.8 Å². The molecule has 0 aliphatic rings. The predicted molar refractivity (Wildman–Crippen MR) is 71.9 cm³/mol. The normalized spacial score (nSPS) is 10.5. The second-order valence-corrected chi connectivity index (χ2v) is 4.28. The summed E-state index contributed by atoms with van der Waals surface area (Å²) >= 11 is 0. The van der Waals surface area contributed by atoms with Crippen LogP contribution in [0.5, 0.6) is 0 Å². The number of hydrogen-bond donors (Lipinski definition) is 1. The molecule has 1 rings (SSSR count). The van der Waals surface area contributed by atoms with Crippen LogP contribution in [0.2, 0.25) is 0 Å². The van der Waals surface area contributed by atoms with E-state index >= 15 is 0 Å². The number of anilines is 3. The largest absolute Gasteiger partial charge is 0.357 e. The Morgan fingerprint density at radius 1 is 1.12 bits per heavy atom. The number of hydrogen-bond acceptors (Lipinski definition) is 6. The SMILES string of the molecule is CCN(c1nc(NC)nc(N(C)C)n1)C(C)C. The van der Waals surface area contributed by atoms with Crippen LogP contribution in [0.15, 0.2) is 0 Å². The Hall–Kier alpha value is -1.59. The average molecular weight is 238 g/mol. The van der Waals surface area contributed by atoms with Crippen LogP contribution in [0.3, 0.4) is 0 Å². The Morgan fingerprint density at radius 2 is 1.71 bits per heavy atom. The van der Waals surface area contributed by atoms with Crippen molar-refractivity contribution in [2.75, 3.05) is 42.8 Å². The van der Waals surface area contributed by atoms with E-state index in [0.29, 0.717) is 23.9 Å². The van der Waals surface area contributed by atoms with Crippen molar-refractivity contribution in [3.8, 4) is 0 Å². The first-order chi connectivity index (χ1) is 7.99. The molecule has 0 aliphatic carbocycles. The molecule has 0 saturated carbocycles. The summed E-state index contributed by atoms with van der Waals surface area (Å²) in [5, 5.41) is 2.96. The lowest BCUT2D eigenvalue weighted by atomic mass is 10.3. The second-order valence-electron chi connectivity index (χ2n) is 4.28. The molecule has 0 atom stereocenters. The highest BCUT2D eigenvalue weighted by Crippen LogP contribution is 2.16. The van der Waals surface area contributed by atoms with E-state index in [9.17, 15) is 0 Å². The summed E-state index contributed by atoms with van der Waals surface area (Å²) in [5.74, 6) is 1.97. The monoisotopic (exact) mass is 238 g/mol. The molecule has 96 valence electrons. The molecule has 0 spiro atoms. The predicted octanol–water partition coefficient (Wildman–Crippen LogP) is 1.21. The Labute approximate surface area is 103 Å². The fourth-order valence-corrected chi connectivity index (χ4v) is 1.53. The second kappa shape index (κ2) is 5.65. The minimum atomic E-state index is 0.363. The summed E-state index contributed by atoms with van der Waals surface area (Å²) < 4.78 is 0. The van der Waals surface area contributed by atoms with Crippen LogP contribution >= 0.6 is 0 Å². The van der Waals surface area contributed by atoms with Crippen molar-refractivity contribution in [3.63, 3.8) is 0 Å². The van der Waals surface area contributed by atoms with E-state index < -0.39 is 0 Å². The lowest BCUT2D eigenvalue weighted by molar-refractivity contribution is 0.678. The van der Waals surface area contributed by atoms with Crippen molar-refractivity contribution in [1.82, 2.24) is 15.0 Å². The van der Waals surface area contributed by atoms with Gasteiger partial charge in [-0.1, -0.05) is 0 Å². The minimum absolute atomic E-state index is 0.363. The Morgan fingerprint density at radius 3 is 2.12 bits per heavy atom. The maximum Gasteiger partial charge on any atom is 0.232 e. The van der Waals surface area contributed by atoms with Gasteiger partial charge in [-0.15, -0.1) is 0 Å². The molecular weight excluding hydrogens is 216 g/mol. The molecular formula is C11H22N6. The first-order valence-electron chi connectivity index (χ1n) is 5.87. The Balaban J connectivity index is 3.17. The van der Waals surface area contributed by atoms with Gasteiger partial charge in [0.1, 0.15) is 0 Å². The number of nitrogens with one attached hydrogen (secondary N) is 1. The highest BCUT2D eigenvalue weighted by molar-refractivity contribution is 5.44. The average Bonchev–Trinajstić information content (AvgIpc) is 2.28. The van der Waals surface area contributed by atoms with Crippen molar-refractivity contribution in [2.24, 2.45) is 0 Å². The Kier molecular flexibility index (Phi) is 4.48. The van der Waals surface area contributed by atoms with Gasteiger partial charge in [0.25, 0.3) is 0 Å². The van der Waals surface area contributed by atoms with Gasteiger partial charge in [0.15, 0.2) is 0 Å². The van der Waals surface area contributed by atoms with Crippen LogP contribution in [0.4, 0.5) is 17.8 Å². The molecule has 1 aromatic rings. The molecule has 0 bridgehead atoms. The highest BCUT2D eigenvalue weighted by atomic mass is 15.4. The van der Waals surface area contributed by atoms with E-state index in [2.05, 4.69) is 45.9 Å². The Bertz CT molecular complexity index is 363. The number of aromatic nitrogens is 3. The van der Waals surface area contributed by atoms with Gasteiger partial charge in [0, 0.05) is 33.7 Å². The molecule has 0 aromatic carbocycles. The first-order valence-corrected chi connectivity index (χ1v) is 5.87. The van der Waals surface area contributed by atoms with Crippen LogP contribution in [0.25, 0.3) is 0 Å². The summed E-state index contributed by atoms with van der Waals surface area (Å²) in [7, 11) is 5.65. The van der Waals surface area contributed by atoms with Gasteiger partial charge in [-0.2, -0.15) is 15.0 Å². The van der Waals surface area contributed by atoms with Crippen molar-refractivity contribution >= 4 is 17.8 Å². The van der Waals surface area contributed by atoms with Crippen molar-refractivity contribution in [1.29, 1.82) is 0 Å². The quantitative estimate of drug-likeness (QED) is 0.832. The molecule has 0 aliphatic heterocycles. The van der Waals surface area contributed by atoms with E-state index in [0.717, 1.165) is 6.54 Å². The van der Waals surface area contributed by atoms with E-state index in [1.165, 1.54) is 0 Å². The minimum Gasteiger partial charge on any atom is -0.357 e. The maximum absolute atomic E-state index is 4.46. The maximum atomic E-state index is 4.46. The topological polar surface area (TPSA) is 57.2 Å². The van der Waals surface area contributed by atoms with Gasteiger partial charge in [0.05, 0.1) is 0 Å². The molecule has 0 saturated heterocycles. The standard InChI is InChI=1S/C11H22N6/c1-7-17(8(2)3)11-14-9(12-4)13-10(15-11)16(5)6/h8H,7H2,1-6H3,(H,12,13,14,15). The third kappa shape index (κ3) is 3.18. The zero-order valence-electron chi connectivity index (χ0n) is 11.5. The van der Waals surface area contributed by atoms with Gasteiger partial charge < -0.3 is 15.1 Å². The van der Waals surface area contributed by atoms with Crippen molar-refractivity contribution in [3.05, 3.63) is 0 Å². The molecule has 6 nitrogen and oxygen atoms in total. The summed E-state index contributed by atoms with van der Waals surface area (Å²) in [6.07, 6.45) is 0. The van der Waals surface area contributed by atoms with Crippen LogP contribution in [0, 0.1) is 0 Å². The third-order valence-electron chi connectivity index (χ3n) is 2.46. The number of nitrogens with zero attached hydrogens (tertiary/aromatic N) is 5. The number of rotatable bonds is 5. The van der Waals surface area contributed by atoms with Gasteiger partial charge in [-0.3, -0.25) is 0 Å². The fourth-order valence-electron chi connectivity index (χ4n) is 1.53. The van der Waals surface area contributed by atoms with Crippen LogP contribution in [-0.4, -0.2) is 48.7 Å².